The Morgan fingerprint density at radius 3 is 1.43 bits per heavy atom. The molecule has 3 heteroatoms. The van der Waals surface area contributed by atoms with Gasteiger partial charge in [0.1, 0.15) is 0 Å². The second kappa shape index (κ2) is 9.57. The Balaban J connectivity index is 1.23. The van der Waals surface area contributed by atoms with Crippen molar-refractivity contribution in [2.24, 2.45) is 11.8 Å². The summed E-state index contributed by atoms with van der Waals surface area (Å²) >= 11 is 0. The van der Waals surface area contributed by atoms with Gasteiger partial charge in [-0.3, -0.25) is 9.59 Å². The van der Waals surface area contributed by atoms with Crippen LogP contribution in [0.25, 0.3) is 60.3 Å². The molecule has 8 aromatic rings. The third-order valence-electron chi connectivity index (χ3n) is 15.5. The molecule has 2 saturated carbocycles. The first kappa shape index (κ1) is 28.9. The molecule has 8 aliphatic rings. The first-order chi connectivity index (χ1) is 26.6. The molecule has 3 nitrogen and oxygen atoms in total. The number of ketones is 2. The molecular weight excluding hydrogens is 659 g/mol. The van der Waals surface area contributed by atoms with Gasteiger partial charge in [0.25, 0.3) is 0 Å². The fourth-order valence-electron chi connectivity index (χ4n) is 13.2. The fourth-order valence-corrected chi connectivity index (χ4v) is 13.2. The summed E-state index contributed by atoms with van der Waals surface area (Å²) in [6.45, 7) is 0. The van der Waals surface area contributed by atoms with Crippen molar-refractivity contribution in [3.05, 3.63) is 148 Å². The maximum atomic E-state index is 14.3. The minimum absolute atomic E-state index is 0.128. The van der Waals surface area contributed by atoms with E-state index in [-0.39, 0.29) is 11.8 Å². The van der Waals surface area contributed by atoms with Crippen LogP contribution in [0.3, 0.4) is 0 Å². The number of Topliss-reactive ketones (excluding diaryl/α,β-unsaturated/α-hetero) is 2. The van der Waals surface area contributed by atoms with E-state index in [2.05, 4.69) is 108 Å². The zero-order chi connectivity index (χ0) is 35.2. The molecule has 0 atom stereocenters. The maximum Gasteiger partial charge on any atom is 0.166 e. The molecule has 1 spiro atoms. The Labute approximate surface area is 313 Å². The molecule has 0 unspecified atom stereocenters. The molecule has 2 fully saturated rings. The minimum Gasteiger partial charge on any atom is -0.308 e. The summed E-state index contributed by atoms with van der Waals surface area (Å²) in [5.74, 6) is 1.80. The molecule has 6 aromatic carbocycles. The van der Waals surface area contributed by atoms with Crippen LogP contribution < -0.4 is 0 Å². The normalized spacial score (nSPS) is 23.9. The van der Waals surface area contributed by atoms with Crippen LogP contribution in [0.1, 0.15) is 117 Å². The molecule has 2 aromatic heterocycles. The lowest BCUT2D eigenvalue weighted by Crippen LogP contribution is -2.26. The van der Waals surface area contributed by atoms with Gasteiger partial charge >= 0.3 is 0 Å². The van der Waals surface area contributed by atoms with Crippen molar-refractivity contribution in [3.63, 3.8) is 0 Å². The third-order valence-corrected chi connectivity index (χ3v) is 15.5. The summed E-state index contributed by atoms with van der Waals surface area (Å²) in [7, 11) is 0. The standard InChI is InChI=1S/C51H37NO2/c53-49-28-17-13-26(14-18-28)33-21-35-37-23-36-32-9-3-6-12-43(32)51(41-10-4-1-7-30(41)31-8-2-5-11-42(31)51)47(36)46-40-22-34-27-15-19-29(20-16-27)50(54)39(34)25-45(40)52(48(37)46)44(35)24-38(33)49/h1-12,21-29H,13-20H2. The third kappa shape index (κ3) is 3.12. The average molecular weight is 696 g/mol. The molecule has 8 aliphatic carbocycles. The Kier molecular flexibility index (Phi) is 5.12. The van der Waals surface area contributed by atoms with E-state index in [4.69, 9.17) is 0 Å². The van der Waals surface area contributed by atoms with Gasteiger partial charge in [0.05, 0.1) is 22.0 Å². The van der Waals surface area contributed by atoms with Crippen molar-refractivity contribution in [2.45, 2.75) is 68.6 Å². The topological polar surface area (TPSA) is 38.5 Å². The first-order valence-corrected chi connectivity index (χ1v) is 20.4. The van der Waals surface area contributed by atoms with E-state index in [1.807, 2.05) is 0 Å². The predicted octanol–water partition coefficient (Wildman–Crippen LogP) is 12.1. The van der Waals surface area contributed by atoms with Gasteiger partial charge in [-0.25, -0.2) is 0 Å². The molecule has 0 aliphatic heterocycles. The van der Waals surface area contributed by atoms with Gasteiger partial charge in [0.2, 0.25) is 0 Å². The predicted molar refractivity (Wildman–Crippen MR) is 215 cm³/mol. The van der Waals surface area contributed by atoms with Crippen molar-refractivity contribution in [1.29, 1.82) is 0 Å². The van der Waals surface area contributed by atoms with Crippen LogP contribution in [0, 0.1) is 11.8 Å². The monoisotopic (exact) mass is 695 g/mol. The van der Waals surface area contributed by atoms with E-state index >= 15 is 0 Å². The van der Waals surface area contributed by atoms with E-state index in [0.717, 1.165) is 73.5 Å². The van der Waals surface area contributed by atoms with E-state index in [0.29, 0.717) is 23.4 Å². The Bertz CT molecular complexity index is 3020. The van der Waals surface area contributed by atoms with Crippen molar-refractivity contribution in [3.8, 4) is 22.3 Å². The van der Waals surface area contributed by atoms with E-state index in [9.17, 15) is 9.59 Å². The number of aromatic nitrogens is 1. The lowest BCUT2D eigenvalue weighted by atomic mass is 9.69. The average Bonchev–Trinajstić information content (AvgIpc) is 3.82. The van der Waals surface area contributed by atoms with Gasteiger partial charge in [-0.2, -0.15) is 0 Å². The zero-order valence-corrected chi connectivity index (χ0v) is 30.0. The van der Waals surface area contributed by atoms with E-state index in [1.165, 1.54) is 82.7 Å². The number of rotatable bonds is 0. The lowest BCUT2D eigenvalue weighted by Gasteiger charge is -2.31. The second-order valence-corrected chi connectivity index (χ2v) is 17.5. The molecule has 0 amide bonds. The number of nitrogens with zero attached hydrogens (tertiary/aromatic N) is 1. The van der Waals surface area contributed by atoms with Crippen LogP contribution in [0.4, 0.5) is 0 Å². The highest BCUT2D eigenvalue weighted by Gasteiger charge is 2.53. The van der Waals surface area contributed by atoms with Crippen molar-refractivity contribution < 1.29 is 9.59 Å². The molecular formula is C51H37NO2. The Morgan fingerprint density at radius 1 is 0.444 bits per heavy atom. The zero-order valence-electron chi connectivity index (χ0n) is 30.0. The summed E-state index contributed by atoms with van der Waals surface area (Å²) in [6.07, 6.45) is 8.37. The van der Waals surface area contributed by atoms with Gasteiger partial charge in [-0.05, 0) is 149 Å². The number of fused-ring (bicyclic) bond motifs is 21. The number of hydrogen-bond acceptors (Lipinski definition) is 2. The van der Waals surface area contributed by atoms with Crippen LogP contribution in [-0.2, 0) is 5.41 Å². The molecule has 54 heavy (non-hydrogen) atoms. The fraction of sp³-hybridized carbons (Fsp3) is 0.255. The van der Waals surface area contributed by atoms with Crippen molar-refractivity contribution in [2.75, 3.05) is 0 Å². The van der Waals surface area contributed by atoms with Crippen LogP contribution in [0.5, 0.6) is 0 Å². The highest BCUT2D eigenvalue weighted by atomic mass is 16.1. The lowest BCUT2D eigenvalue weighted by molar-refractivity contribution is 0.0891. The molecule has 16 rings (SSSR count). The number of carbonyl (C=O) groups excluding carboxylic acids is 2. The number of benzene rings is 6. The summed E-state index contributed by atoms with van der Waals surface area (Å²) < 4.78 is 2.49. The van der Waals surface area contributed by atoms with Crippen molar-refractivity contribution in [1.82, 2.24) is 4.40 Å². The van der Waals surface area contributed by atoms with Crippen LogP contribution >= 0.6 is 0 Å². The minimum atomic E-state index is -0.487. The Morgan fingerprint density at radius 2 is 0.889 bits per heavy atom. The molecule has 258 valence electrons. The SMILES string of the molecule is O=C1c2cc3c(cc2C2CCC1CC2)c1cc2c(c4c5cc6c(cc5n3c14)C(=O)C1CCC6CC1)C1(c3ccccc3-c3ccccc31)c1ccccc1-2. The summed E-state index contributed by atoms with van der Waals surface area (Å²) in [5.41, 5.74) is 18.0. The molecule has 0 N–H and O–H groups in total. The maximum absolute atomic E-state index is 14.3. The highest BCUT2D eigenvalue weighted by molar-refractivity contribution is 6.28. The molecule has 4 bridgehead atoms. The van der Waals surface area contributed by atoms with Gasteiger partial charge in [0.15, 0.2) is 11.6 Å². The molecule has 0 radical (unpaired) electrons. The van der Waals surface area contributed by atoms with E-state index in [1.54, 1.807) is 0 Å². The number of carbonyl (C=O) groups is 2. The quantitative estimate of drug-likeness (QED) is 0.158. The van der Waals surface area contributed by atoms with Crippen LogP contribution in [0.2, 0.25) is 0 Å². The van der Waals surface area contributed by atoms with Gasteiger partial charge in [-0.1, -0.05) is 72.8 Å². The van der Waals surface area contributed by atoms with Crippen LogP contribution in [-0.4, -0.2) is 16.0 Å². The summed E-state index contributed by atoms with van der Waals surface area (Å²) in [5, 5.41) is 5.07. The van der Waals surface area contributed by atoms with Gasteiger partial charge in [-0.15, -0.1) is 0 Å². The summed E-state index contributed by atoms with van der Waals surface area (Å²) in [4.78, 5) is 28.5. The first-order valence-electron chi connectivity index (χ1n) is 20.4. The summed E-state index contributed by atoms with van der Waals surface area (Å²) in [6, 6.07) is 39.3. The molecule has 0 saturated heterocycles. The second-order valence-electron chi connectivity index (χ2n) is 17.5. The Hall–Kier alpha value is -5.54. The van der Waals surface area contributed by atoms with Gasteiger partial charge < -0.3 is 4.40 Å². The highest BCUT2D eigenvalue weighted by Crippen LogP contribution is 2.66. The van der Waals surface area contributed by atoms with Gasteiger partial charge in [0, 0.05) is 44.5 Å². The van der Waals surface area contributed by atoms with Crippen molar-refractivity contribution >= 4 is 49.7 Å². The number of hydrogen-bond donors (Lipinski definition) is 0. The van der Waals surface area contributed by atoms with E-state index < -0.39 is 5.41 Å². The van der Waals surface area contributed by atoms with Crippen LogP contribution in [0.15, 0.2) is 103 Å². The smallest absolute Gasteiger partial charge is 0.166 e. The molecule has 2 heterocycles. The largest absolute Gasteiger partial charge is 0.308 e.